The molecule has 0 bridgehead atoms. The van der Waals surface area contributed by atoms with Crippen LogP contribution in [0, 0.1) is 28.6 Å². The molecule has 388 valence electrons. The number of pyridine rings is 2. The molecule has 7 fully saturated rings. The summed E-state index contributed by atoms with van der Waals surface area (Å²) in [5.74, 6) is 1.15. The number of imidazole rings is 1. The predicted molar refractivity (Wildman–Crippen MR) is 280 cm³/mol. The summed E-state index contributed by atoms with van der Waals surface area (Å²) in [6.07, 6.45) is 13.9. The molecule has 5 amide bonds. The molecule has 12 rings (SSSR count). The highest BCUT2D eigenvalue weighted by Gasteiger charge is 2.57. The number of amides is 5. The smallest absolute Gasteiger partial charge is 0.238 e. The van der Waals surface area contributed by atoms with Crippen LogP contribution in [-0.2, 0) is 29.4 Å². The Morgan fingerprint density at radius 1 is 0.811 bits per heavy atom. The first-order valence-electron chi connectivity index (χ1n) is 27.7. The lowest BCUT2D eigenvalue weighted by molar-refractivity contribution is -0.150. The molecule has 1 N–H and O–H groups in total. The molecule has 1 unspecified atom stereocenters. The van der Waals surface area contributed by atoms with E-state index < -0.39 is 10.8 Å². The average Bonchev–Trinajstić information content (AvgIpc) is 3.94. The Kier molecular flexibility index (Phi) is 12.5. The Balaban J connectivity index is 0.713. The number of nitriles is 1. The van der Waals surface area contributed by atoms with E-state index >= 15 is 4.79 Å². The van der Waals surface area contributed by atoms with Crippen molar-refractivity contribution in [2.45, 2.75) is 134 Å². The molecule has 8 aliphatic rings. The number of likely N-dealkylation sites (tertiary alicyclic amines) is 3. The number of benzene rings is 1. The number of fused-ring (bicyclic) bond motifs is 3. The van der Waals surface area contributed by atoms with Gasteiger partial charge in [0, 0.05) is 106 Å². The fourth-order valence-electron chi connectivity index (χ4n) is 13.8. The molecular formula is C57H70N12O5. The number of anilines is 3. The topological polar surface area (TPSA) is 184 Å². The maximum Gasteiger partial charge on any atom is 0.238 e. The second-order valence-corrected chi connectivity index (χ2v) is 23.4. The molecule has 74 heavy (non-hydrogen) atoms. The molecule has 1 atom stereocenters. The van der Waals surface area contributed by atoms with Gasteiger partial charge in [0.1, 0.15) is 11.3 Å². The highest BCUT2D eigenvalue weighted by molar-refractivity contribution is 6.09. The van der Waals surface area contributed by atoms with Crippen LogP contribution in [0.3, 0.4) is 0 Å². The number of carbonyl (C=O) groups is 5. The van der Waals surface area contributed by atoms with Crippen molar-refractivity contribution < 1.29 is 24.0 Å². The van der Waals surface area contributed by atoms with Crippen LogP contribution < -0.4 is 20.0 Å². The lowest BCUT2D eigenvalue weighted by atomic mass is 9.72. The molecule has 1 spiro atoms. The third kappa shape index (κ3) is 8.39. The first-order chi connectivity index (χ1) is 35.8. The van der Waals surface area contributed by atoms with Crippen LogP contribution in [0.5, 0.6) is 0 Å². The summed E-state index contributed by atoms with van der Waals surface area (Å²) in [5.41, 5.74) is 5.12. The Morgan fingerprint density at radius 3 is 2.22 bits per heavy atom. The van der Waals surface area contributed by atoms with Crippen molar-refractivity contribution in [1.82, 2.24) is 39.5 Å². The van der Waals surface area contributed by atoms with E-state index in [1.54, 1.807) is 6.20 Å². The van der Waals surface area contributed by atoms with Gasteiger partial charge < -0.3 is 34.0 Å². The molecule has 0 radical (unpaired) electrons. The SMILES string of the molecule is CC(C)n1cnc2cc(-c3ccc4c(c3)N([C@H]3C[C@@H](N5CCCCC5)C3)C(=O)C43CCN(C(=O)C4(C)CCN(C(=O)C5CCN(c6ccc(C7CCC(=O)NC7=O)cn6)CC5)CC4)CC3)nc(N3CC(C#N)C3)c21. The quantitative estimate of drug-likeness (QED) is 0.184. The number of nitrogens with one attached hydrogen (secondary N) is 1. The van der Waals surface area contributed by atoms with E-state index in [1.807, 2.05) is 28.3 Å². The van der Waals surface area contributed by atoms with E-state index in [2.05, 4.69) is 85.6 Å². The van der Waals surface area contributed by atoms with Gasteiger partial charge in [-0.1, -0.05) is 31.5 Å². The first-order valence-corrected chi connectivity index (χ1v) is 27.7. The number of nitrogens with zero attached hydrogens (tertiary/aromatic N) is 11. The van der Waals surface area contributed by atoms with Gasteiger partial charge in [-0.25, -0.2) is 15.0 Å². The number of imide groups is 1. The van der Waals surface area contributed by atoms with Crippen LogP contribution in [-0.4, -0.2) is 141 Å². The van der Waals surface area contributed by atoms with Gasteiger partial charge in [-0.15, -0.1) is 0 Å². The molecule has 3 aromatic heterocycles. The van der Waals surface area contributed by atoms with Crippen LogP contribution in [0.1, 0.15) is 127 Å². The summed E-state index contributed by atoms with van der Waals surface area (Å²) in [4.78, 5) is 95.9. The first kappa shape index (κ1) is 48.5. The van der Waals surface area contributed by atoms with Crippen molar-refractivity contribution in [1.29, 1.82) is 5.26 Å². The second-order valence-electron chi connectivity index (χ2n) is 23.4. The maximum atomic E-state index is 15.3. The van der Waals surface area contributed by atoms with E-state index in [4.69, 9.17) is 9.97 Å². The summed E-state index contributed by atoms with van der Waals surface area (Å²) >= 11 is 0. The van der Waals surface area contributed by atoms with Crippen LogP contribution >= 0.6 is 0 Å². The summed E-state index contributed by atoms with van der Waals surface area (Å²) in [6.45, 7) is 13.4. The standard InChI is InChI=1S/C57H70N12O5/c1-36(2)68-35-60-46-30-45(61-51(50(46)68)67-33-37(31-58)34-67)39-7-10-44-47(27-39)69(42-28-41(29-42)63-19-5-4-6-20-63)55(74)57(44)17-25-66(26-18-57)54(73)56(3)15-23-65(24-16-56)53(72)38-13-21-64(22-14-38)48-11-8-40(32-59-48)43-9-12-49(70)62-52(43)71/h7-8,10-11,27,30,32,35-38,41-43H,4-6,9,12-26,28-29,33-34H2,1-3H3,(H,62,70,71)/t41-,42+,43?. The maximum absolute atomic E-state index is 15.3. The minimum absolute atomic E-state index is 0.0277. The number of carbonyl (C=O) groups excluding carboxylic acids is 5. The van der Waals surface area contributed by atoms with E-state index in [0.717, 1.165) is 89.5 Å². The van der Waals surface area contributed by atoms with Crippen molar-refractivity contribution in [2.24, 2.45) is 17.3 Å². The second kappa shape index (κ2) is 19.1. The fourth-order valence-corrected chi connectivity index (χ4v) is 13.8. The van der Waals surface area contributed by atoms with E-state index in [9.17, 15) is 24.4 Å². The van der Waals surface area contributed by atoms with Gasteiger partial charge in [0.25, 0.3) is 0 Å². The summed E-state index contributed by atoms with van der Waals surface area (Å²) < 4.78 is 2.16. The van der Waals surface area contributed by atoms with Crippen molar-refractivity contribution >= 4 is 57.9 Å². The van der Waals surface area contributed by atoms with Crippen LogP contribution in [0.25, 0.3) is 22.3 Å². The van der Waals surface area contributed by atoms with Crippen molar-refractivity contribution in [3.63, 3.8) is 0 Å². The zero-order chi connectivity index (χ0) is 51.0. The van der Waals surface area contributed by atoms with E-state index in [-0.39, 0.29) is 59.4 Å². The fraction of sp³-hybridized carbons (Fsp3) is 0.596. The Bertz CT molecular complexity index is 2900. The van der Waals surface area contributed by atoms with E-state index in [1.165, 1.54) is 19.3 Å². The minimum Gasteiger partial charge on any atom is -0.357 e. The molecule has 4 aromatic rings. The largest absolute Gasteiger partial charge is 0.357 e. The lowest BCUT2D eigenvalue weighted by Crippen LogP contribution is -2.59. The zero-order valence-electron chi connectivity index (χ0n) is 43.3. The molecule has 6 saturated heterocycles. The zero-order valence-corrected chi connectivity index (χ0v) is 43.3. The Morgan fingerprint density at radius 2 is 1.54 bits per heavy atom. The molecule has 17 heteroatoms. The van der Waals surface area contributed by atoms with E-state index in [0.29, 0.717) is 96.9 Å². The molecule has 17 nitrogen and oxygen atoms in total. The number of hydrogen-bond acceptors (Lipinski definition) is 12. The van der Waals surface area contributed by atoms with Gasteiger partial charge in [0.2, 0.25) is 29.5 Å². The van der Waals surface area contributed by atoms with Gasteiger partial charge in [-0.3, -0.25) is 29.3 Å². The Hall–Kier alpha value is -6.41. The summed E-state index contributed by atoms with van der Waals surface area (Å²) in [6, 6.07) is 15.6. The van der Waals surface area contributed by atoms with Crippen molar-refractivity contribution in [3.05, 3.63) is 60.0 Å². The van der Waals surface area contributed by atoms with Crippen molar-refractivity contribution in [3.8, 4) is 17.3 Å². The highest BCUT2D eigenvalue weighted by atomic mass is 16.2. The monoisotopic (exact) mass is 1000 g/mol. The number of aromatic nitrogens is 4. The average molecular weight is 1000 g/mol. The predicted octanol–water partition coefficient (Wildman–Crippen LogP) is 6.32. The summed E-state index contributed by atoms with van der Waals surface area (Å²) in [7, 11) is 0. The molecule has 10 heterocycles. The van der Waals surface area contributed by atoms with Gasteiger partial charge in [0.15, 0.2) is 5.82 Å². The van der Waals surface area contributed by atoms with Gasteiger partial charge >= 0.3 is 0 Å². The molecule has 1 aromatic carbocycles. The van der Waals surface area contributed by atoms with Gasteiger partial charge in [-0.05, 0) is 127 Å². The third-order valence-electron chi connectivity index (χ3n) is 18.7. The third-order valence-corrected chi connectivity index (χ3v) is 18.7. The molecular weight excluding hydrogens is 933 g/mol. The van der Waals surface area contributed by atoms with Crippen molar-refractivity contribution in [2.75, 3.05) is 80.1 Å². The number of piperidine rings is 5. The Labute approximate surface area is 433 Å². The lowest BCUT2D eigenvalue weighted by Gasteiger charge is -2.48. The normalized spacial score (nSPS) is 25.5. The highest BCUT2D eigenvalue weighted by Crippen LogP contribution is 2.53. The van der Waals surface area contributed by atoms with Crippen LogP contribution in [0.2, 0.25) is 0 Å². The molecule has 1 aliphatic carbocycles. The van der Waals surface area contributed by atoms with Gasteiger partial charge in [0.05, 0.1) is 40.9 Å². The summed E-state index contributed by atoms with van der Waals surface area (Å²) in [5, 5.41) is 12.1. The number of hydrogen-bond donors (Lipinski definition) is 1. The van der Waals surface area contributed by atoms with Crippen LogP contribution in [0.4, 0.5) is 17.3 Å². The number of rotatable bonds is 9. The van der Waals surface area contributed by atoms with Gasteiger partial charge in [-0.2, -0.15) is 5.26 Å². The molecule has 7 aliphatic heterocycles. The minimum atomic E-state index is -0.717. The van der Waals surface area contributed by atoms with Crippen LogP contribution in [0.15, 0.2) is 48.9 Å². The molecule has 1 saturated carbocycles.